The van der Waals surface area contributed by atoms with Gasteiger partial charge in [0.1, 0.15) is 0 Å². The molecule has 5 N–H and O–H groups in total. The summed E-state index contributed by atoms with van der Waals surface area (Å²) < 4.78 is 0. The Morgan fingerprint density at radius 1 is 1.44 bits per heavy atom. The third kappa shape index (κ3) is 2.63. The molecule has 0 heterocycles. The molecule has 1 aromatic rings. The van der Waals surface area contributed by atoms with Crippen molar-refractivity contribution in [1.29, 1.82) is 0 Å². The van der Waals surface area contributed by atoms with Gasteiger partial charge in [-0.3, -0.25) is 4.79 Å². The third-order valence-corrected chi connectivity index (χ3v) is 2.11. The molecule has 0 radical (unpaired) electrons. The van der Waals surface area contributed by atoms with Gasteiger partial charge in [-0.15, -0.1) is 0 Å². The van der Waals surface area contributed by atoms with Crippen LogP contribution in [0.5, 0.6) is 0 Å². The van der Waals surface area contributed by atoms with Crippen molar-refractivity contribution in [2.75, 3.05) is 11.5 Å². The highest BCUT2D eigenvalue weighted by molar-refractivity contribution is 6.01. The van der Waals surface area contributed by atoms with Crippen molar-refractivity contribution in [3.05, 3.63) is 48.2 Å². The van der Waals surface area contributed by atoms with E-state index >= 15 is 0 Å². The Bertz CT molecular complexity index is 450. The van der Waals surface area contributed by atoms with E-state index in [-0.39, 0.29) is 5.91 Å². The smallest absolute Gasteiger partial charge is 0.257 e. The number of carbonyl (C=O) groups excluding carboxylic acids is 1. The number of hydrogen-bond donors (Lipinski definition) is 3. The van der Waals surface area contributed by atoms with E-state index in [0.29, 0.717) is 22.6 Å². The number of benzene rings is 1. The zero-order valence-electron chi connectivity index (χ0n) is 9.16. The molecule has 1 rings (SSSR count). The Balaban J connectivity index is 2.96. The molecule has 1 aromatic carbocycles. The summed E-state index contributed by atoms with van der Waals surface area (Å²) in [5.74, 6) is -0.294. The van der Waals surface area contributed by atoms with Gasteiger partial charge in [0.15, 0.2) is 0 Å². The first kappa shape index (κ1) is 11.8. The molecule has 0 unspecified atom stereocenters. The number of allylic oxidation sites excluding steroid dienone is 2. The second-order valence-electron chi connectivity index (χ2n) is 3.25. The molecule has 0 aliphatic rings. The molecule has 16 heavy (non-hydrogen) atoms. The Kier molecular flexibility index (Phi) is 3.72. The van der Waals surface area contributed by atoms with Gasteiger partial charge in [-0.05, 0) is 31.2 Å². The third-order valence-electron chi connectivity index (χ3n) is 2.11. The molecule has 0 saturated heterocycles. The summed E-state index contributed by atoms with van der Waals surface area (Å²) in [5, 5.41) is 2.67. The highest BCUT2D eigenvalue weighted by Gasteiger charge is 2.10. The molecular formula is C12H15N3O. The fourth-order valence-corrected chi connectivity index (χ4v) is 1.21. The van der Waals surface area contributed by atoms with Crippen LogP contribution >= 0.6 is 0 Å². The van der Waals surface area contributed by atoms with Crippen LogP contribution in [-0.2, 0) is 0 Å². The number of amides is 1. The minimum absolute atomic E-state index is 0.294. The minimum Gasteiger partial charge on any atom is -0.399 e. The zero-order valence-corrected chi connectivity index (χ0v) is 9.16. The van der Waals surface area contributed by atoms with E-state index in [9.17, 15) is 4.79 Å². The Hall–Kier alpha value is -2.23. The van der Waals surface area contributed by atoms with Crippen LogP contribution in [0.2, 0.25) is 0 Å². The van der Waals surface area contributed by atoms with Crippen molar-refractivity contribution < 1.29 is 4.79 Å². The van der Waals surface area contributed by atoms with Crippen LogP contribution in [0.1, 0.15) is 17.3 Å². The Morgan fingerprint density at radius 3 is 2.69 bits per heavy atom. The maximum Gasteiger partial charge on any atom is 0.257 e. The SMILES string of the molecule is C=C/C(=C\C)NC(=O)c1cc(N)ccc1N. The van der Waals surface area contributed by atoms with Crippen molar-refractivity contribution in [3.63, 3.8) is 0 Å². The quantitative estimate of drug-likeness (QED) is 0.532. The van der Waals surface area contributed by atoms with Crippen LogP contribution < -0.4 is 16.8 Å². The van der Waals surface area contributed by atoms with Gasteiger partial charge in [0.05, 0.1) is 5.56 Å². The number of carbonyl (C=O) groups is 1. The highest BCUT2D eigenvalue weighted by Crippen LogP contribution is 2.15. The molecule has 0 fully saturated rings. The molecule has 1 amide bonds. The van der Waals surface area contributed by atoms with Crippen LogP contribution in [0.4, 0.5) is 11.4 Å². The average molecular weight is 217 g/mol. The number of rotatable bonds is 3. The van der Waals surface area contributed by atoms with Gasteiger partial charge in [-0.25, -0.2) is 0 Å². The predicted molar refractivity (Wildman–Crippen MR) is 66.7 cm³/mol. The summed E-state index contributed by atoms with van der Waals surface area (Å²) in [6.07, 6.45) is 3.30. The number of nitrogens with one attached hydrogen (secondary N) is 1. The molecule has 0 aliphatic carbocycles. The molecule has 0 bridgehead atoms. The normalized spacial score (nSPS) is 10.9. The monoisotopic (exact) mass is 217 g/mol. The second kappa shape index (κ2) is 5.02. The Morgan fingerprint density at radius 2 is 2.12 bits per heavy atom. The van der Waals surface area contributed by atoms with Crippen molar-refractivity contribution in [3.8, 4) is 0 Å². The van der Waals surface area contributed by atoms with Gasteiger partial charge in [0, 0.05) is 17.1 Å². The van der Waals surface area contributed by atoms with E-state index in [4.69, 9.17) is 11.5 Å². The zero-order chi connectivity index (χ0) is 12.1. The van der Waals surface area contributed by atoms with E-state index in [1.54, 1.807) is 37.3 Å². The van der Waals surface area contributed by atoms with Gasteiger partial charge in [0.2, 0.25) is 0 Å². The maximum absolute atomic E-state index is 11.8. The summed E-state index contributed by atoms with van der Waals surface area (Å²) in [7, 11) is 0. The first-order valence-corrected chi connectivity index (χ1v) is 4.83. The molecule has 4 heteroatoms. The fourth-order valence-electron chi connectivity index (χ4n) is 1.21. The maximum atomic E-state index is 11.8. The van der Waals surface area contributed by atoms with Gasteiger partial charge < -0.3 is 16.8 Å². The van der Waals surface area contributed by atoms with Gasteiger partial charge in [-0.1, -0.05) is 12.7 Å². The molecule has 0 spiro atoms. The molecular weight excluding hydrogens is 202 g/mol. The first-order valence-electron chi connectivity index (χ1n) is 4.83. The van der Waals surface area contributed by atoms with Crippen molar-refractivity contribution in [1.82, 2.24) is 5.32 Å². The van der Waals surface area contributed by atoms with Crippen LogP contribution in [0.25, 0.3) is 0 Å². The average Bonchev–Trinajstić information content (AvgIpc) is 2.28. The van der Waals surface area contributed by atoms with E-state index < -0.39 is 0 Å². The molecule has 0 saturated carbocycles. The number of nitrogens with two attached hydrogens (primary N) is 2. The molecule has 84 valence electrons. The van der Waals surface area contributed by atoms with Crippen LogP contribution in [0, 0.1) is 0 Å². The summed E-state index contributed by atoms with van der Waals surface area (Å²) in [6.45, 7) is 5.39. The van der Waals surface area contributed by atoms with Crippen molar-refractivity contribution in [2.45, 2.75) is 6.92 Å². The Labute approximate surface area is 94.6 Å². The van der Waals surface area contributed by atoms with Crippen LogP contribution in [0.3, 0.4) is 0 Å². The van der Waals surface area contributed by atoms with Gasteiger partial charge >= 0.3 is 0 Å². The lowest BCUT2D eigenvalue weighted by atomic mass is 10.1. The summed E-state index contributed by atoms with van der Waals surface area (Å²) in [5.41, 5.74) is 13.2. The molecule has 4 nitrogen and oxygen atoms in total. The largest absolute Gasteiger partial charge is 0.399 e. The predicted octanol–water partition coefficient (Wildman–Crippen LogP) is 1.67. The second-order valence-corrected chi connectivity index (χ2v) is 3.25. The van der Waals surface area contributed by atoms with Crippen molar-refractivity contribution >= 4 is 17.3 Å². The lowest BCUT2D eigenvalue weighted by molar-refractivity contribution is 0.0968. The summed E-state index contributed by atoms with van der Waals surface area (Å²) >= 11 is 0. The lowest BCUT2D eigenvalue weighted by Gasteiger charge is -2.08. The van der Waals surface area contributed by atoms with E-state index in [1.165, 1.54) is 0 Å². The van der Waals surface area contributed by atoms with Crippen LogP contribution in [0.15, 0.2) is 42.6 Å². The highest BCUT2D eigenvalue weighted by atomic mass is 16.1. The standard InChI is InChI=1S/C12H15N3O/c1-3-9(4-2)15-12(16)10-7-8(13)5-6-11(10)14/h3-7H,1,13-14H2,2H3,(H,15,16)/b9-4+. The van der Waals surface area contributed by atoms with Gasteiger partial charge in [0.25, 0.3) is 5.91 Å². The van der Waals surface area contributed by atoms with Crippen molar-refractivity contribution in [2.24, 2.45) is 0 Å². The summed E-state index contributed by atoms with van der Waals surface area (Å²) in [4.78, 5) is 11.8. The molecule has 0 aliphatic heterocycles. The fraction of sp³-hybridized carbons (Fsp3) is 0.0833. The lowest BCUT2D eigenvalue weighted by Crippen LogP contribution is -2.22. The summed E-state index contributed by atoms with van der Waals surface area (Å²) in [6, 6.07) is 4.80. The van der Waals surface area contributed by atoms with E-state index in [2.05, 4.69) is 11.9 Å². The van der Waals surface area contributed by atoms with E-state index in [0.717, 1.165) is 0 Å². The topological polar surface area (TPSA) is 81.1 Å². The van der Waals surface area contributed by atoms with E-state index in [1.807, 2.05) is 0 Å². The first-order chi connectivity index (χ1) is 7.58. The number of hydrogen-bond acceptors (Lipinski definition) is 3. The van der Waals surface area contributed by atoms with Gasteiger partial charge in [-0.2, -0.15) is 0 Å². The number of anilines is 2. The number of nitrogen functional groups attached to an aromatic ring is 2. The van der Waals surface area contributed by atoms with Crippen LogP contribution in [-0.4, -0.2) is 5.91 Å². The molecule has 0 atom stereocenters. The molecule has 0 aromatic heterocycles. The minimum atomic E-state index is -0.294.